The van der Waals surface area contributed by atoms with Gasteiger partial charge in [0.25, 0.3) is 0 Å². The minimum absolute atomic E-state index is 0.0501. The van der Waals surface area contributed by atoms with Crippen LogP contribution in [0.2, 0.25) is 0 Å². The van der Waals surface area contributed by atoms with Crippen LogP contribution in [0, 0.1) is 0 Å². The second kappa shape index (κ2) is 7.84. The van der Waals surface area contributed by atoms with Crippen molar-refractivity contribution < 1.29 is 9.53 Å². The summed E-state index contributed by atoms with van der Waals surface area (Å²) in [5.74, 6) is 0.959. The Hall–Kier alpha value is -1.79. The Morgan fingerprint density at radius 2 is 2.27 bits per heavy atom. The van der Waals surface area contributed by atoms with E-state index in [1.165, 1.54) is 11.1 Å². The van der Waals surface area contributed by atoms with Crippen molar-refractivity contribution in [1.29, 1.82) is 0 Å². The predicted octanol–water partition coefficient (Wildman–Crippen LogP) is 2.25. The molecule has 0 bridgehead atoms. The third kappa shape index (κ3) is 3.81. The second-order valence-corrected chi connectivity index (χ2v) is 7.59. The lowest BCUT2D eigenvalue weighted by atomic mass is 10.00. The molecular weight excluding hydrogens is 328 g/mol. The molecule has 0 spiro atoms. The van der Waals surface area contributed by atoms with Crippen LogP contribution in [0.25, 0.3) is 0 Å². The molecule has 1 aromatic rings. The molecule has 0 aromatic carbocycles. The molecule has 3 aliphatic heterocycles. The first-order chi connectivity index (χ1) is 12.7. The van der Waals surface area contributed by atoms with Gasteiger partial charge in [-0.05, 0) is 31.3 Å². The van der Waals surface area contributed by atoms with Gasteiger partial charge in [0.05, 0.1) is 19.3 Å². The number of hydrogen-bond donors (Lipinski definition) is 0. The van der Waals surface area contributed by atoms with Gasteiger partial charge in [0.2, 0.25) is 5.91 Å². The van der Waals surface area contributed by atoms with Crippen molar-refractivity contribution in [1.82, 2.24) is 19.8 Å². The van der Waals surface area contributed by atoms with E-state index < -0.39 is 0 Å². The number of carbonyl (C=O) groups excluding carboxylic acids is 1. The number of nitrogens with zero attached hydrogens (tertiary/aromatic N) is 4. The Labute approximate surface area is 155 Å². The highest BCUT2D eigenvalue weighted by Crippen LogP contribution is 2.30. The van der Waals surface area contributed by atoms with Crippen molar-refractivity contribution in [2.24, 2.45) is 0 Å². The van der Waals surface area contributed by atoms with Crippen molar-refractivity contribution in [3.05, 3.63) is 34.9 Å². The van der Waals surface area contributed by atoms with Gasteiger partial charge in [0.1, 0.15) is 0 Å². The fraction of sp³-hybridized carbons (Fsp3) is 0.650. The van der Waals surface area contributed by atoms with E-state index in [-0.39, 0.29) is 11.9 Å². The van der Waals surface area contributed by atoms with Gasteiger partial charge in [0, 0.05) is 57.0 Å². The fourth-order valence-electron chi connectivity index (χ4n) is 4.27. The summed E-state index contributed by atoms with van der Waals surface area (Å²) in [6.07, 6.45) is 9.47. The maximum atomic E-state index is 12.0. The lowest BCUT2D eigenvalue weighted by Crippen LogP contribution is -2.38. The highest BCUT2D eigenvalue weighted by Gasteiger charge is 2.29. The van der Waals surface area contributed by atoms with Crippen LogP contribution in [-0.2, 0) is 22.5 Å². The van der Waals surface area contributed by atoms with E-state index >= 15 is 0 Å². The minimum Gasteiger partial charge on any atom is -0.377 e. The first kappa shape index (κ1) is 17.6. The van der Waals surface area contributed by atoms with Crippen LogP contribution < -0.4 is 0 Å². The Morgan fingerprint density at radius 1 is 1.35 bits per heavy atom. The molecular formula is C20H28N4O2. The van der Waals surface area contributed by atoms with Gasteiger partial charge in [-0.3, -0.25) is 9.69 Å². The molecule has 3 aliphatic rings. The lowest BCUT2D eigenvalue weighted by Gasteiger charge is -2.35. The number of carbonyl (C=O) groups is 1. The zero-order valence-corrected chi connectivity index (χ0v) is 15.6. The summed E-state index contributed by atoms with van der Waals surface area (Å²) in [5, 5.41) is 0. The number of rotatable bonds is 3. The summed E-state index contributed by atoms with van der Waals surface area (Å²) in [6, 6.07) is 0.0501. The molecule has 4 heterocycles. The minimum atomic E-state index is 0.0501. The zero-order chi connectivity index (χ0) is 17.9. The van der Waals surface area contributed by atoms with Gasteiger partial charge in [-0.25, -0.2) is 9.97 Å². The normalized spacial score (nSPS) is 24.1. The predicted molar refractivity (Wildman–Crippen MR) is 98.5 cm³/mol. The van der Waals surface area contributed by atoms with Crippen LogP contribution in [-0.4, -0.2) is 58.5 Å². The Morgan fingerprint density at radius 3 is 3.08 bits per heavy atom. The summed E-state index contributed by atoms with van der Waals surface area (Å²) in [5.41, 5.74) is 3.77. The molecule has 1 amide bonds. The molecule has 1 atom stereocenters. The standard InChI is InChI=1S/C20H28N4O2/c1-15(25)24-8-3-2-6-19(24)20-21-11-17-13-23(9-7-18(17)22-20)12-16-5-4-10-26-14-16/h5,11,19H,2-4,6-10,12-14H2,1H3. The van der Waals surface area contributed by atoms with Crippen LogP contribution in [0.1, 0.15) is 55.7 Å². The molecule has 1 aromatic heterocycles. The molecule has 6 heteroatoms. The Bertz CT molecular complexity index is 703. The molecule has 0 radical (unpaired) electrons. The third-order valence-electron chi connectivity index (χ3n) is 5.65. The number of fused-ring (bicyclic) bond motifs is 1. The average Bonchev–Trinajstić information content (AvgIpc) is 2.68. The Kier molecular flexibility index (Phi) is 5.31. The fourth-order valence-corrected chi connectivity index (χ4v) is 4.27. The zero-order valence-electron chi connectivity index (χ0n) is 15.6. The maximum Gasteiger partial charge on any atom is 0.220 e. The van der Waals surface area contributed by atoms with Gasteiger partial charge in [0.15, 0.2) is 5.82 Å². The maximum absolute atomic E-state index is 12.0. The highest BCUT2D eigenvalue weighted by atomic mass is 16.5. The monoisotopic (exact) mass is 356 g/mol. The van der Waals surface area contributed by atoms with Crippen LogP contribution in [0.15, 0.2) is 17.8 Å². The van der Waals surface area contributed by atoms with E-state index in [4.69, 9.17) is 9.72 Å². The summed E-state index contributed by atoms with van der Waals surface area (Å²) >= 11 is 0. The average molecular weight is 356 g/mol. The lowest BCUT2D eigenvalue weighted by molar-refractivity contribution is -0.132. The summed E-state index contributed by atoms with van der Waals surface area (Å²) in [6.45, 7) is 6.98. The van der Waals surface area contributed by atoms with Crippen molar-refractivity contribution in [3.8, 4) is 0 Å². The molecule has 1 unspecified atom stereocenters. The molecule has 0 aliphatic carbocycles. The molecule has 0 saturated carbocycles. The number of ether oxygens (including phenoxy) is 1. The molecule has 1 fully saturated rings. The summed E-state index contributed by atoms with van der Waals surface area (Å²) in [4.78, 5) is 25.9. The van der Waals surface area contributed by atoms with Gasteiger partial charge in [-0.2, -0.15) is 0 Å². The van der Waals surface area contributed by atoms with Crippen LogP contribution in [0.3, 0.4) is 0 Å². The number of piperidine rings is 1. The van der Waals surface area contributed by atoms with Gasteiger partial charge in [-0.15, -0.1) is 0 Å². The Balaban J connectivity index is 1.46. The van der Waals surface area contributed by atoms with Crippen molar-refractivity contribution in [3.63, 3.8) is 0 Å². The molecule has 1 saturated heterocycles. The largest absolute Gasteiger partial charge is 0.377 e. The number of amides is 1. The van der Waals surface area contributed by atoms with Crippen molar-refractivity contribution in [2.45, 2.75) is 51.6 Å². The molecule has 6 nitrogen and oxygen atoms in total. The van der Waals surface area contributed by atoms with E-state index in [1.54, 1.807) is 6.92 Å². The summed E-state index contributed by atoms with van der Waals surface area (Å²) < 4.78 is 5.55. The van der Waals surface area contributed by atoms with E-state index in [1.807, 2.05) is 11.1 Å². The molecule has 4 rings (SSSR count). The van der Waals surface area contributed by atoms with Crippen LogP contribution in [0.5, 0.6) is 0 Å². The second-order valence-electron chi connectivity index (χ2n) is 7.59. The smallest absolute Gasteiger partial charge is 0.220 e. The topological polar surface area (TPSA) is 58.6 Å². The van der Waals surface area contributed by atoms with Gasteiger partial charge < -0.3 is 9.64 Å². The highest BCUT2D eigenvalue weighted by molar-refractivity contribution is 5.73. The van der Waals surface area contributed by atoms with E-state index in [0.29, 0.717) is 0 Å². The molecule has 140 valence electrons. The molecule has 26 heavy (non-hydrogen) atoms. The van der Waals surface area contributed by atoms with Gasteiger partial charge >= 0.3 is 0 Å². The number of hydrogen-bond acceptors (Lipinski definition) is 5. The van der Waals surface area contributed by atoms with Gasteiger partial charge in [-0.1, -0.05) is 6.08 Å². The molecule has 0 N–H and O–H groups in total. The van der Waals surface area contributed by atoms with E-state index in [9.17, 15) is 4.79 Å². The summed E-state index contributed by atoms with van der Waals surface area (Å²) in [7, 11) is 0. The van der Waals surface area contributed by atoms with Crippen LogP contribution >= 0.6 is 0 Å². The SMILES string of the molecule is CC(=O)N1CCCCC1c1ncc2c(n1)CCN(CC1=CCCOC1)C2. The first-order valence-corrected chi connectivity index (χ1v) is 9.80. The van der Waals surface area contributed by atoms with E-state index in [0.717, 1.165) is 83.0 Å². The van der Waals surface area contributed by atoms with Crippen molar-refractivity contribution >= 4 is 5.91 Å². The number of likely N-dealkylation sites (tertiary alicyclic amines) is 1. The van der Waals surface area contributed by atoms with Crippen molar-refractivity contribution in [2.75, 3.05) is 32.8 Å². The first-order valence-electron chi connectivity index (χ1n) is 9.80. The number of aromatic nitrogens is 2. The quantitative estimate of drug-likeness (QED) is 0.778. The van der Waals surface area contributed by atoms with Crippen LogP contribution in [0.4, 0.5) is 0 Å². The van der Waals surface area contributed by atoms with E-state index in [2.05, 4.69) is 16.0 Å². The third-order valence-corrected chi connectivity index (χ3v) is 5.65.